The lowest BCUT2D eigenvalue weighted by molar-refractivity contribution is 0.0980. The third kappa shape index (κ3) is 5.52. The van der Waals surface area contributed by atoms with E-state index in [1.54, 1.807) is 36.2 Å². The Labute approximate surface area is 257 Å². The van der Waals surface area contributed by atoms with Crippen LogP contribution >= 0.6 is 23.5 Å². The second kappa shape index (κ2) is 11.8. The van der Waals surface area contributed by atoms with Gasteiger partial charge in [0.25, 0.3) is 11.5 Å². The van der Waals surface area contributed by atoms with Crippen LogP contribution in [0, 0.1) is 6.92 Å². The number of piperidine rings is 1. The SMILES string of the molecule is CSNC(=O)c1nc(Cl)ccc1NC(C)c1cc(C)cc2c(=O)n(C)c(N3CCC(n4ncc5ccncc54)CC3)nc12. The zero-order chi connectivity index (χ0) is 30.2. The molecule has 6 rings (SSSR count). The van der Waals surface area contributed by atoms with Gasteiger partial charge in [0, 0.05) is 43.5 Å². The monoisotopic (exact) mass is 617 g/mol. The summed E-state index contributed by atoms with van der Waals surface area (Å²) in [4.78, 5) is 42.2. The van der Waals surface area contributed by atoms with Gasteiger partial charge in [-0.3, -0.25) is 28.5 Å². The molecule has 0 spiro atoms. The van der Waals surface area contributed by atoms with Gasteiger partial charge in [0.15, 0.2) is 5.69 Å². The third-order valence-electron chi connectivity index (χ3n) is 7.93. The van der Waals surface area contributed by atoms with Gasteiger partial charge in [-0.05, 0) is 56.5 Å². The molecule has 1 amide bonds. The molecule has 1 aliphatic heterocycles. The number of aryl methyl sites for hydroxylation is 1. The Morgan fingerprint density at radius 2 is 1.93 bits per heavy atom. The summed E-state index contributed by atoms with van der Waals surface area (Å²) in [5, 5.41) is 9.90. The summed E-state index contributed by atoms with van der Waals surface area (Å²) < 4.78 is 6.42. The highest BCUT2D eigenvalue weighted by atomic mass is 35.5. The number of nitrogens with one attached hydrogen (secondary N) is 2. The number of benzene rings is 1. The summed E-state index contributed by atoms with van der Waals surface area (Å²) in [5.74, 6) is 0.282. The summed E-state index contributed by atoms with van der Waals surface area (Å²) in [6.07, 6.45) is 9.02. The molecule has 0 radical (unpaired) electrons. The van der Waals surface area contributed by atoms with E-state index in [0.717, 1.165) is 48.0 Å². The standard InChI is InChI=1S/C30H32ClN9O2S/c1-17-13-21(18(2)34-23-5-6-25(31)35-27(23)28(41)37-43-4)26-22(14-17)29(42)38(3)30(36-26)39-11-8-20(9-12-39)40-24-16-32-10-7-19(24)15-33-40/h5-7,10,13-16,18,20,34H,8-9,11-12H2,1-4H3,(H,37,41). The summed E-state index contributed by atoms with van der Waals surface area (Å²) in [7, 11) is 1.78. The molecule has 5 heterocycles. The van der Waals surface area contributed by atoms with Crippen LogP contribution in [-0.4, -0.2) is 54.6 Å². The maximum absolute atomic E-state index is 13.7. The van der Waals surface area contributed by atoms with Gasteiger partial charge in [0.1, 0.15) is 5.15 Å². The molecule has 0 bridgehead atoms. The molecule has 1 aliphatic rings. The molecule has 13 heteroatoms. The number of rotatable bonds is 7. The lowest BCUT2D eigenvalue weighted by Gasteiger charge is -2.34. The topological polar surface area (TPSA) is 123 Å². The largest absolute Gasteiger partial charge is 0.377 e. The fourth-order valence-corrected chi connectivity index (χ4v) is 6.25. The molecule has 43 heavy (non-hydrogen) atoms. The van der Waals surface area contributed by atoms with Gasteiger partial charge < -0.3 is 10.2 Å². The van der Waals surface area contributed by atoms with Crippen molar-refractivity contribution < 1.29 is 4.79 Å². The number of pyridine rings is 2. The van der Waals surface area contributed by atoms with Crippen LogP contribution in [0.4, 0.5) is 11.6 Å². The molecular weight excluding hydrogens is 586 g/mol. The second-order valence-corrected chi connectivity index (χ2v) is 11.8. The molecule has 11 nitrogen and oxygen atoms in total. The Morgan fingerprint density at radius 3 is 2.70 bits per heavy atom. The van der Waals surface area contributed by atoms with Gasteiger partial charge in [-0.25, -0.2) is 9.97 Å². The van der Waals surface area contributed by atoms with E-state index in [4.69, 9.17) is 16.6 Å². The molecule has 222 valence electrons. The van der Waals surface area contributed by atoms with E-state index in [-0.39, 0.29) is 34.4 Å². The van der Waals surface area contributed by atoms with Crippen molar-refractivity contribution in [3.05, 3.63) is 81.3 Å². The van der Waals surface area contributed by atoms with Crippen molar-refractivity contribution in [2.24, 2.45) is 7.05 Å². The Hall–Kier alpha value is -4.16. The van der Waals surface area contributed by atoms with E-state index in [1.165, 1.54) is 11.9 Å². The van der Waals surface area contributed by atoms with Crippen LogP contribution in [-0.2, 0) is 7.05 Å². The summed E-state index contributed by atoms with van der Waals surface area (Å²) in [6, 6.07) is 9.20. The molecule has 0 saturated carbocycles. The van der Waals surface area contributed by atoms with Crippen LogP contribution in [0.15, 0.2) is 53.7 Å². The quantitative estimate of drug-likeness (QED) is 0.191. The number of halogens is 1. The summed E-state index contributed by atoms with van der Waals surface area (Å²) in [5.41, 5.74) is 4.08. The predicted octanol–water partition coefficient (Wildman–Crippen LogP) is 5.06. The van der Waals surface area contributed by atoms with Gasteiger partial charge in [0.05, 0.1) is 46.6 Å². The molecule has 1 unspecified atom stereocenters. The fourth-order valence-electron chi connectivity index (χ4n) is 5.82. The molecule has 0 aliphatic carbocycles. The highest BCUT2D eigenvalue weighted by Gasteiger charge is 2.26. The first-order valence-electron chi connectivity index (χ1n) is 14.0. The number of amides is 1. The molecule has 4 aromatic heterocycles. The summed E-state index contributed by atoms with van der Waals surface area (Å²) >= 11 is 7.30. The van der Waals surface area contributed by atoms with E-state index in [0.29, 0.717) is 22.5 Å². The number of carbonyl (C=O) groups excluding carboxylic acids is 1. The number of nitrogens with zero attached hydrogens (tertiary/aromatic N) is 7. The van der Waals surface area contributed by atoms with Crippen LogP contribution in [0.1, 0.15) is 53.5 Å². The maximum atomic E-state index is 13.7. The highest BCUT2D eigenvalue weighted by molar-refractivity contribution is 7.97. The van der Waals surface area contributed by atoms with Crippen LogP contribution in [0.2, 0.25) is 5.15 Å². The van der Waals surface area contributed by atoms with Crippen molar-refractivity contribution in [2.75, 3.05) is 29.6 Å². The van der Waals surface area contributed by atoms with Crippen molar-refractivity contribution in [1.29, 1.82) is 0 Å². The smallest absolute Gasteiger partial charge is 0.281 e. The van der Waals surface area contributed by atoms with Gasteiger partial charge in [-0.2, -0.15) is 5.10 Å². The van der Waals surface area contributed by atoms with Crippen molar-refractivity contribution in [3.8, 4) is 0 Å². The Balaban J connectivity index is 1.32. The first kappa shape index (κ1) is 28.9. The van der Waals surface area contributed by atoms with Crippen molar-refractivity contribution in [2.45, 2.75) is 38.8 Å². The van der Waals surface area contributed by atoms with E-state index >= 15 is 0 Å². The Bertz CT molecular complexity index is 1900. The van der Waals surface area contributed by atoms with Gasteiger partial charge in [-0.1, -0.05) is 29.6 Å². The highest BCUT2D eigenvalue weighted by Crippen LogP contribution is 2.31. The van der Waals surface area contributed by atoms with E-state index in [9.17, 15) is 9.59 Å². The molecular formula is C30H32ClN9O2S. The second-order valence-electron chi connectivity index (χ2n) is 10.8. The van der Waals surface area contributed by atoms with Crippen LogP contribution in [0.3, 0.4) is 0 Å². The van der Waals surface area contributed by atoms with Crippen molar-refractivity contribution in [1.82, 2.24) is 34.0 Å². The van der Waals surface area contributed by atoms with Gasteiger partial charge >= 0.3 is 0 Å². The Morgan fingerprint density at radius 1 is 1.14 bits per heavy atom. The lowest BCUT2D eigenvalue weighted by atomic mass is 10.0. The minimum atomic E-state index is -0.351. The van der Waals surface area contributed by atoms with Crippen molar-refractivity contribution >= 4 is 62.9 Å². The van der Waals surface area contributed by atoms with E-state index in [1.807, 2.05) is 44.4 Å². The number of fused-ring (bicyclic) bond motifs is 2. The maximum Gasteiger partial charge on any atom is 0.281 e. The van der Waals surface area contributed by atoms with Crippen LogP contribution in [0.25, 0.3) is 21.8 Å². The number of anilines is 2. The average molecular weight is 618 g/mol. The molecule has 1 saturated heterocycles. The lowest BCUT2D eigenvalue weighted by Crippen LogP contribution is -2.39. The molecule has 1 fully saturated rings. The fraction of sp³-hybridized carbons (Fsp3) is 0.333. The number of aromatic nitrogens is 6. The average Bonchev–Trinajstić information content (AvgIpc) is 3.44. The van der Waals surface area contributed by atoms with E-state index < -0.39 is 0 Å². The van der Waals surface area contributed by atoms with Gasteiger partial charge in [0.2, 0.25) is 5.95 Å². The van der Waals surface area contributed by atoms with E-state index in [2.05, 4.69) is 34.7 Å². The first-order chi connectivity index (χ1) is 20.7. The molecule has 1 atom stereocenters. The van der Waals surface area contributed by atoms with Crippen LogP contribution in [0.5, 0.6) is 0 Å². The normalized spacial score (nSPS) is 14.8. The molecule has 1 aromatic carbocycles. The zero-order valence-corrected chi connectivity index (χ0v) is 25.9. The van der Waals surface area contributed by atoms with Crippen molar-refractivity contribution in [3.63, 3.8) is 0 Å². The minimum Gasteiger partial charge on any atom is -0.377 e. The Kier molecular flexibility index (Phi) is 7.97. The summed E-state index contributed by atoms with van der Waals surface area (Å²) in [6.45, 7) is 5.41. The van der Waals surface area contributed by atoms with Gasteiger partial charge in [-0.15, -0.1) is 0 Å². The third-order valence-corrected chi connectivity index (χ3v) is 8.53. The minimum absolute atomic E-state index is 0.100. The molecule has 5 aromatic rings. The predicted molar refractivity (Wildman–Crippen MR) is 172 cm³/mol. The zero-order valence-electron chi connectivity index (χ0n) is 24.3. The first-order valence-corrected chi connectivity index (χ1v) is 15.6. The number of hydrogen-bond donors (Lipinski definition) is 2. The number of hydrogen-bond acceptors (Lipinski definition) is 9. The molecule has 2 N–H and O–H groups in total. The van der Waals surface area contributed by atoms with Crippen LogP contribution < -0.4 is 20.5 Å². The number of carbonyl (C=O) groups is 1.